The molecule has 1 aliphatic rings. The van der Waals surface area contributed by atoms with Crippen LogP contribution in [-0.4, -0.2) is 40.9 Å². The van der Waals surface area contributed by atoms with E-state index in [1.165, 1.54) is 17.5 Å². The van der Waals surface area contributed by atoms with Gasteiger partial charge in [-0.25, -0.2) is 4.68 Å². The quantitative estimate of drug-likeness (QED) is 0.915. The fraction of sp³-hybridized carbons (Fsp3) is 0.667. The number of halogens is 1. The second kappa shape index (κ2) is 5.84. The Balaban J connectivity index is 2.06. The standard InChI is InChI=1S/C12H19BrN4O/c1-3-17-12(18)11(13)10(8-15-17)14-7-9-5-4-6-16(9)2/h8-9,14H,3-7H2,1-2H3. The van der Waals surface area contributed by atoms with E-state index in [2.05, 4.69) is 38.3 Å². The lowest BCUT2D eigenvalue weighted by Gasteiger charge is -2.20. The lowest BCUT2D eigenvalue weighted by atomic mass is 10.2. The highest BCUT2D eigenvalue weighted by atomic mass is 79.9. The maximum Gasteiger partial charge on any atom is 0.283 e. The van der Waals surface area contributed by atoms with Gasteiger partial charge >= 0.3 is 0 Å². The van der Waals surface area contributed by atoms with E-state index in [1.807, 2.05) is 6.92 Å². The summed E-state index contributed by atoms with van der Waals surface area (Å²) in [5, 5.41) is 7.43. The molecule has 0 saturated carbocycles. The molecule has 0 aliphatic carbocycles. The van der Waals surface area contributed by atoms with Gasteiger partial charge in [0.05, 0.1) is 11.9 Å². The second-order valence-corrected chi connectivity index (χ2v) is 5.44. The first kappa shape index (κ1) is 13.5. The fourth-order valence-electron chi connectivity index (χ4n) is 2.28. The van der Waals surface area contributed by atoms with Gasteiger partial charge in [0.2, 0.25) is 0 Å². The molecule has 1 N–H and O–H groups in total. The zero-order chi connectivity index (χ0) is 13.1. The summed E-state index contributed by atoms with van der Waals surface area (Å²) in [5.74, 6) is 0. The number of aryl methyl sites for hydroxylation is 1. The van der Waals surface area contributed by atoms with Crippen LogP contribution < -0.4 is 10.9 Å². The van der Waals surface area contributed by atoms with Gasteiger partial charge in [0.15, 0.2) is 0 Å². The Bertz CT molecular complexity index is 474. The van der Waals surface area contributed by atoms with E-state index in [9.17, 15) is 4.79 Å². The van der Waals surface area contributed by atoms with Gasteiger partial charge in [-0.2, -0.15) is 5.10 Å². The third-order valence-corrected chi connectivity index (χ3v) is 4.25. The largest absolute Gasteiger partial charge is 0.381 e. The summed E-state index contributed by atoms with van der Waals surface area (Å²) < 4.78 is 2.01. The lowest BCUT2D eigenvalue weighted by Crippen LogP contribution is -2.32. The summed E-state index contributed by atoms with van der Waals surface area (Å²) in [5.41, 5.74) is 0.701. The number of hydrogen-bond acceptors (Lipinski definition) is 4. The van der Waals surface area contributed by atoms with Crippen molar-refractivity contribution in [2.24, 2.45) is 0 Å². The first-order valence-corrected chi connectivity index (χ1v) is 7.12. The van der Waals surface area contributed by atoms with Gasteiger partial charge in [-0.15, -0.1) is 0 Å². The van der Waals surface area contributed by atoms with Gasteiger partial charge < -0.3 is 10.2 Å². The molecule has 0 amide bonds. The van der Waals surface area contributed by atoms with Crippen molar-refractivity contribution in [2.45, 2.75) is 32.4 Å². The highest BCUT2D eigenvalue weighted by molar-refractivity contribution is 9.10. The number of nitrogens with one attached hydrogen (secondary N) is 1. The Kier molecular flexibility index (Phi) is 4.40. The third-order valence-electron chi connectivity index (χ3n) is 3.48. The van der Waals surface area contributed by atoms with Crippen LogP contribution in [0.15, 0.2) is 15.5 Å². The Morgan fingerprint density at radius 2 is 2.39 bits per heavy atom. The van der Waals surface area contributed by atoms with Crippen LogP contribution in [0.3, 0.4) is 0 Å². The molecule has 1 aromatic rings. The summed E-state index contributed by atoms with van der Waals surface area (Å²) in [6.07, 6.45) is 4.17. The highest BCUT2D eigenvalue weighted by Gasteiger charge is 2.20. The molecule has 1 unspecified atom stereocenters. The van der Waals surface area contributed by atoms with Crippen molar-refractivity contribution in [1.29, 1.82) is 0 Å². The van der Waals surface area contributed by atoms with Crippen molar-refractivity contribution >= 4 is 21.6 Å². The molecule has 6 heteroatoms. The lowest BCUT2D eigenvalue weighted by molar-refractivity contribution is 0.322. The molecule has 0 aromatic carbocycles. The van der Waals surface area contributed by atoms with Crippen molar-refractivity contribution < 1.29 is 0 Å². The van der Waals surface area contributed by atoms with Gasteiger partial charge in [0.25, 0.3) is 5.56 Å². The number of likely N-dealkylation sites (N-methyl/N-ethyl adjacent to an activating group) is 1. The Hall–Kier alpha value is -0.880. The van der Waals surface area contributed by atoms with Crippen molar-refractivity contribution in [3.63, 3.8) is 0 Å². The number of likely N-dealkylation sites (tertiary alicyclic amines) is 1. The van der Waals surface area contributed by atoms with Crippen molar-refractivity contribution in [3.05, 3.63) is 21.0 Å². The predicted octanol–water partition coefficient (Wildman–Crippen LogP) is 1.53. The molecule has 1 fully saturated rings. The van der Waals surface area contributed by atoms with Crippen LogP contribution in [0.4, 0.5) is 5.69 Å². The van der Waals surface area contributed by atoms with Gasteiger partial charge in [-0.1, -0.05) is 0 Å². The first-order valence-electron chi connectivity index (χ1n) is 6.33. The SMILES string of the molecule is CCn1ncc(NCC2CCCN2C)c(Br)c1=O. The fourth-order valence-corrected chi connectivity index (χ4v) is 2.73. The maximum absolute atomic E-state index is 11.9. The smallest absolute Gasteiger partial charge is 0.283 e. The van der Waals surface area contributed by atoms with Crippen LogP contribution >= 0.6 is 15.9 Å². The maximum atomic E-state index is 11.9. The average molecular weight is 315 g/mol. The van der Waals surface area contributed by atoms with Crippen LogP contribution in [0, 0.1) is 0 Å². The van der Waals surface area contributed by atoms with Crippen LogP contribution in [0.25, 0.3) is 0 Å². The minimum Gasteiger partial charge on any atom is -0.381 e. The molecule has 5 nitrogen and oxygen atoms in total. The van der Waals surface area contributed by atoms with E-state index in [0.29, 0.717) is 17.1 Å². The van der Waals surface area contributed by atoms with E-state index in [-0.39, 0.29) is 5.56 Å². The average Bonchev–Trinajstić information content (AvgIpc) is 2.77. The van der Waals surface area contributed by atoms with Gasteiger partial charge in [0, 0.05) is 19.1 Å². The summed E-state index contributed by atoms with van der Waals surface area (Å²) >= 11 is 3.35. The van der Waals surface area contributed by atoms with Crippen molar-refractivity contribution in [3.8, 4) is 0 Å². The highest BCUT2D eigenvalue weighted by Crippen LogP contribution is 2.19. The molecule has 18 heavy (non-hydrogen) atoms. The summed E-state index contributed by atoms with van der Waals surface area (Å²) in [7, 11) is 2.14. The third kappa shape index (κ3) is 2.75. The molecule has 1 aliphatic heterocycles. The summed E-state index contributed by atoms with van der Waals surface area (Å²) in [6, 6.07) is 0.547. The molecule has 0 spiro atoms. The minimum absolute atomic E-state index is 0.0812. The van der Waals surface area contributed by atoms with E-state index < -0.39 is 0 Å². The second-order valence-electron chi connectivity index (χ2n) is 4.65. The number of hydrogen-bond donors (Lipinski definition) is 1. The number of rotatable bonds is 4. The predicted molar refractivity (Wildman–Crippen MR) is 76.0 cm³/mol. The monoisotopic (exact) mass is 314 g/mol. The topological polar surface area (TPSA) is 50.2 Å². The zero-order valence-corrected chi connectivity index (χ0v) is 12.4. The van der Waals surface area contributed by atoms with Gasteiger partial charge in [0.1, 0.15) is 4.47 Å². The molecule has 1 atom stereocenters. The van der Waals surface area contributed by atoms with Crippen molar-refractivity contribution in [2.75, 3.05) is 25.5 Å². The van der Waals surface area contributed by atoms with Crippen LogP contribution in [0.2, 0.25) is 0 Å². The van der Waals surface area contributed by atoms with E-state index in [0.717, 1.165) is 18.8 Å². The van der Waals surface area contributed by atoms with Crippen LogP contribution in [0.5, 0.6) is 0 Å². The molecule has 2 rings (SSSR count). The van der Waals surface area contributed by atoms with E-state index in [1.54, 1.807) is 6.20 Å². The summed E-state index contributed by atoms with van der Waals surface area (Å²) in [6.45, 7) is 4.50. The molecule has 1 saturated heterocycles. The van der Waals surface area contributed by atoms with E-state index >= 15 is 0 Å². The Labute approximate surface area is 115 Å². The number of nitrogens with zero attached hydrogens (tertiary/aromatic N) is 3. The van der Waals surface area contributed by atoms with Crippen molar-refractivity contribution in [1.82, 2.24) is 14.7 Å². The van der Waals surface area contributed by atoms with E-state index in [4.69, 9.17) is 0 Å². The normalized spacial score (nSPS) is 20.3. The number of anilines is 1. The molecular weight excluding hydrogens is 296 g/mol. The molecule has 2 heterocycles. The molecule has 0 radical (unpaired) electrons. The van der Waals surface area contributed by atoms with Gasteiger partial charge in [-0.05, 0) is 49.3 Å². The molecule has 1 aromatic heterocycles. The Morgan fingerprint density at radius 3 is 3.00 bits per heavy atom. The zero-order valence-electron chi connectivity index (χ0n) is 10.8. The molecular formula is C12H19BrN4O. The van der Waals surface area contributed by atoms with Gasteiger partial charge in [-0.3, -0.25) is 4.79 Å². The molecule has 0 bridgehead atoms. The first-order chi connectivity index (χ1) is 8.63. The summed E-state index contributed by atoms with van der Waals surface area (Å²) in [4.78, 5) is 14.2. The Morgan fingerprint density at radius 1 is 1.61 bits per heavy atom. The molecule has 100 valence electrons. The number of aromatic nitrogens is 2. The van der Waals surface area contributed by atoms with Crippen LogP contribution in [-0.2, 0) is 6.54 Å². The minimum atomic E-state index is -0.0812. The van der Waals surface area contributed by atoms with Crippen LogP contribution in [0.1, 0.15) is 19.8 Å².